The smallest absolute Gasteiger partial charge is 0.275 e. The summed E-state index contributed by atoms with van der Waals surface area (Å²) in [5.41, 5.74) is 0.715. The average molecular weight is 308 g/mol. The van der Waals surface area contributed by atoms with Crippen LogP contribution in [0.4, 0.5) is 0 Å². The van der Waals surface area contributed by atoms with Gasteiger partial charge in [0, 0.05) is 25.2 Å². The highest BCUT2D eigenvalue weighted by Crippen LogP contribution is 2.16. The molecule has 2 aromatic rings. The van der Waals surface area contributed by atoms with E-state index in [1.54, 1.807) is 6.07 Å². The number of hydrogen-bond donors (Lipinski definition) is 0. The molecule has 1 aliphatic rings. The standard InChI is InChI=1S/C14H20N4O2S/c1-4-12-16-18-13(19)5-11(15-14(18)21-12)7-17-6-10(3)20-8-9(17)2/h5,9-10H,4,6-8H2,1-3H3/t9-,10-/m1/s1. The average Bonchev–Trinajstić information content (AvgIpc) is 2.86. The molecule has 0 amide bonds. The van der Waals surface area contributed by atoms with E-state index in [0.717, 1.165) is 30.3 Å². The Morgan fingerprint density at radius 1 is 1.48 bits per heavy atom. The molecule has 0 radical (unpaired) electrons. The molecule has 1 saturated heterocycles. The second-order valence-electron chi connectivity index (χ2n) is 5.55. The zero-order chi connectivity index (χ0) is 15.0. The number of aryl methyl sites for hydroxylation is 1. The van der Waals surface area contributed by atoms with Gasteiger partial charge in [-0.1, -0.05) is 18.3 Å². The van der Waals surface area contributed by atoms with Crippen molar-refractivity contribution < 1.29 is 4.74 Å². The fourth-order valence-corrected chi connectivity index (χ4v) is 3.38. The first-order valence-electron chi connectivity index (χ1n) is 7.31. The van der Waals surface area contributed by atoms with E-state index in [1.807, 2.05) is 6.92 Å². The van der Waals surface area contributed by atoms with Crippen molar-refractivity contribution in [1.29, 1.82) is 0 Å². The molecule has 6 nitrogen and oxygen atoms in total. The molecule has 0 spiro atoms. The normalized spacial score (nSPS) is 23.8. The Bertz CT molecular complexity index is 696. The Morgan fingerprint density at radius 3 is 3.05 bits per heavy atom. The zero-order valence-corrected chi connectivity index (χ0v) is 13.4. The molecule has 0 bridgehead atoms. The van der Waals surface area contributed by atoms with Crippen molar-refractivity contribution in [3.05, 3.63) is 27.1 Å². The summed E-state index contributed by atoms with van der Waals surface area (Å²) >= 11 is 1.49. The van der Waals surface area contributed by atoms with Crippen molar-refractivity contribution >= 4 is 16.3 Å². The summed E-state index contributed by atoms with van der Waals surface area (Å²) in [5, 5.41) is 5.21. The lowest BCUT2D eigenvalue weighted by Crippen LogP contribution is -2.46. The Balaban J connectivity index is 1.88. The molecule has 2 aromatic heterocycles. The third kappa shape index (κ3) is 3.00. The molecule has 21 heavy (non-hydrogen) atoms. The highest BCUT2D eigenvalue weighted by atomic mass is 32.1. The fraction of sp³-hybridized carbons (Fsp3) is 0.643. The van der Waals surface area contributed by atoms with Gasteiger partial charge < -0.3 is 4.74 Å². The van der Waals surface area contributed by atoms with Crippen molar-refractivity contribution in [3.63, 3.8) is 0 Å². The van der Waals surface area contributed by atoms with Gasteiger partial charge in [-0.25, -0.2) is 4.98 Å². The molecular formula is C14H20N4O2S. The summed E-state index contributed by atoms with van der Waals surface area (Å²) in [6.45, 7) is 8.51. The van der Waals surface area contributed by atoms with E-state index >= 15 is 0 Å². The molecule has 3 heterocycles. The first kappa shape index (κ1) is 14.6. The van der Waals surface area contributed by atoms with Crippen molar-refractivity contribution in [2.45, 2.75) is 45.9 Å². The van der Waals surface area contributed by atoms with Crippen molar-refractivity contribution in [2.75, 3.05) is 13.2 Å². The van der Waals surface area contributed by atoms with Gasteiger partial charge >= 0.3 is 0 Å². The van der Waals surface area contributed by atoms with Crippen LogP contribution in [0.5, 0.6) is 0 Å². The summed E-state index contributed by atoms with van der Waals surface area (Å²) in [6.07, 6.45) is 1.04. The Morgan fingerprint density at radius 2 is 2.29 bits per heavy atom. The highest BCUT2D eigenvalue weighted by molar-refractivity contribution is 7.16. The van der Waals surface area contributed by atoms with E-state index in [-0.39, 0.29) is 11.7 Å². The maximum absolute atomic E-state index is 12.1. The molecule has 1 aliphatic heterocycles. The second-order valence-corrected chi connectivity index (χ2v) is 6.59. The van der Waals surface area contributed by atoms with Crippen LogP contribution in [-0.2, 0) is 17.7 Å². The van der Waals surface area contributed by atoms with E-state index < -0.39 is 0 Å². The van der Waals surface area contributed by atoms with Crippen LogP contribution < -0.4 is 5.56 Å². The van der Waals surface area contributed by atoms with Crippen LogP contribution >= 0.6 is 11.3 Å². The Kier molecular flexibility index (Phi) is 4.05. The summed E-state index contributed by atoms with van der Waals surface area (Å²) in [5.74, 6) is 0. The quantitative estimate of drug-likeness (QED) is 0.856. The van der Waals surface area contributed by atoms with E-state index in [0.29, 0.717) is 17.5 Å². The molecule has 3 rings (SSSR count). The fourth-order valence-electron chi connectivity index (χ4n) is 2.52. The molecule has 2 atom stereocenters. The minimum atomic E-state index is -0.0973. The number of fused-ring (bicyclic) bond motifs is 1. The lowest BCUT2D eigenvalue weighted by atomic mass is 10.2. The first-order valence-corrected chi connectivity index (χ1v) is 8.12. The summed E-state index contributed by atoms with van der Waals surface area (Å²) in [4.78, 5) is 19.7. The molecule has 0 aliphatic carbocycles. The number of morpholine rings is 1. The summed E-state index contributed by atoms with van der Waals surface area (Å²) < 4.78 is 7.04. The van der Waals surface area contributed by atoms with Crippen LogP contribution in [0.2, 0.25) is 0 Å². The van der Waals surface area contributed by atoms with Crippen molar-refractivity contribution in [3.8, 4) is 0 Å². The van der Waals surface area contributed by atoms with E-state index in [1.165, 1.54) is 15.9 Å². The van der Waals surface area contributed by atoms with Crippen LogP contribution in [-0.4, -0.2) is 44.8 Å². The molecule has 7 heteroatoms. The Hall–Kier alpha value is -1.31. The van der Waals surface area contributed by atoms with Gasteiger partial charge in [0.15, 0.2) is 0 Å². The second kappa shape index (κ2) is 5.82. The summed E-state index contributed by atoms with van der Waals surface area (Å²) in [6, 6.07) is 1.94. The predicted molar refractivity (Wildman–Crippen MR) is 81.8 cm³/mol. The van der Waals surface area contributed by atoms with E-state index in [4.69, 9.17) is 4.74 Å². The summed E-state index contributed by atoms with van der Waals surface area (Å²) in [7, 11) is 0. The van der Waals surface area contributed by atoms with Crippen molar-refractivity contribution in [2.24, 2.45) is 0 Å². The van der Waals surface area contributed by atoms with Crippen LogP contribution in [0.1, 0.15) is 31.5 Å². The molecule has 114 valence electrons. The maximum atomic E-state index is 12.1. The van der Waals surface area contributed by atoms with Gasteiger partial charge in [0.25, 0.3) is 5.56 Å². The SMILES string of the molecule is CCc1nn2c(=O)cc(CN3C[C@@H](C)OC[C@H]3C)nc2s1. The monoisotopic (exact) mass is 308 g/mol. The molecular weight excluding hydrogens is 288 g/mol. The number of rotatable bonds is 3. The van der Waals surface area contributed by atoms with Crippen LogP contribution in [0.3, 0.4) is 0 Å². The topological polar surface area (TPSA) is 59.7 Å². The van der Waals surface area contributed by atoms with Gasteiger partial charge in [-0.2, -0.15) is 9.61 Å². The van der Waals surface area contributed by atoms with E-state index in [9.17, 15) is 4.79 Å². The lowest BCUT2D eigenvalue weighted by molar-refractivity contribution is -0.0530. The predicted octanol–water partition coefficient (Wildman–Crippen LogP) is 1.32. The Labute approximate surface area is 127 Å². The maximum Gasteiger partial charge on any atom is 0.275 e. The lowest BCUT2D eigenvalue weighted by Gasteiger charge is -2.36. The zero-order valence-electron chi connectivity index (χ0n) is 12.6. The van der Waals surface area contributed by atoms with Gasteiger partial charge in [0.1, 0.15) is 5.01 Å². The third-order valence-corrected chi connectivity index (χ3v) is 4.80. The number of hydrogen-bond acceptors (Lipinski definition) is 6. The molecule has 1 fully saturated rings. The van der Waals surface area contributed by atoms with Crippen LogP contribution in [0.25, 0.3) is 4.96 Å². The molecule has 0 N–H and O–H groups in total. The van der Waals surface area contributed by atoms with Gasteiger partial charge in [-0.3, -0.25) is 9.69 Å². The highest BCUT2D eigenvalue weighted by Gasteiger charge is 2.24. The van der Waals surface area contributed by atoms with Gasteiger partial charge in [-0.15, -0.1) is 0 Å². The van der Waals surface area contributed by atoms with Gasteiger partial charge in [0.2, 0.25) is 4.96 Å². The largest absolute Gasteiger partial charge is 0.376 e. The van der Waals surface area contributed by atoms with E-state index in [2.05, 4.69) is 28.8 Å². The first-order chi connectivity index (χ1) is 10.1. The van der Waals surface area contributed by atoms with Gasteiger partial charge in [0.05, 0.1) is 18.4 Å². The number of nitrogens with zero attached hydrogens (tertiary/aromatic N) is 4. The minimum absolute atomic E-state index is 0.0973. The minimum Gasteiger partial charge on any atom is -0.376 e. The van der Waals surface area contributed by atoms with Crippen molar-refractivity contribution in [1.82, 2.24) is 19.5 Å². The van der Waals surface area contributed by atoms with Crippen LogP contribution in [0, 0.1) is 0 Å². The molecule has 0 aromatic carbocycles. The number of aromatic nitrogens is 3. The van der Waals surface area contributed by atoms with Gasteiger partial charge in [-0.05, 0) is 20.3 Å². The molecule has 0 unspecified atom stereocenters. The molecule has 0 saturated carbocycles. The van der Waals surface area contributed by atoms with Crippen LogP contribution in [0.15, 0.2) is 10.9 Å². The number of ether oxygens (including phenoxy) is 1. The third-order valence-electron chi connectivity index (χ3n) is 3.74.